The number of amides is 1. The molecule has 3 aromatic rings. The highest BCUT2D eigenvalue weighted by atomic mass is 127. The van der Waals surface area contributed by atoms with Crippen LogP contribution in [0.5, 0.6) is 0 Å². The summed E-state index contributed by atoms with van der Waals surface area (Å²) in [6.07, 6.45) is 2.19. The number of carbonyl (C=O) groups is 1. The van der Waals surface area contributed by atoms with Crippen molar-refractivity contribution in [2.24, 2.45) is 0 Å². The van der Waals surface area contributed by atoms with Crippen LogP contribution >= 0.6 is 22.6 Å². The molecule has 1 amide bonds. The molecule has 1 aliphatic heterocycles. The van der Waals surface area contributed by atoms with Gasteiger partial charge in [0, 0.05) is 18.7 Å². The number of sulfonamides is 1. The van der Waals surface area contributed by atoms with Crippen LogP contribution in [0.2, 0.25) is 0 Å². The lowest BCUT2D eigenvalue weighted by Crippen LogP contribution is -2.49. The minimum Gasteiger partial charge on any atom is -0.351 e. The topological polar surface area (TPSA) is 127 Å². The van der Waals surface area contributed by atoms with E-state index >= 15 is 0 Å². The lowest BCUT2D eigenvalue weighted by molar-refractivity contribution is 0.0653. The lowest BCUT2D eigenvalue weighted by atomic mass is 10.1. The highest BCUT2D eigenvalue weighted by Gasteiger charge is 2.34. The Hall–Kier alpha value is -2.29. The fourth-order valence-corrected chi connectivity index (χ4v) is 7.86. The molecule has 34 heavy (non-hydrogen) atoms. The quantitative estimate of drug-likeness (QED) is 0.257. The number of likely N-dealkylation sites (tertiary alicyclic amines) is 1. The first-order valence-electron chi connectivity index (χ1n) is 10.4. The van der Waals surface area contributed by atoms with E-state index in [1.807, 2.05) is 0 Å². The van der Waals surface area contributed by atoms with Gasteiger partial charge >= 0.3 is 0 Å². The summed E-state index contributed by atoms with van der Waals surface area (Å²) in [4.78, 5) is 14.1. The van der Waals surface area contributed by atoms with Gasteiger partial charge in [0.15, 0.2) is 0 Å². The molecule has 2 aromatic carbocycles. The molecule has 2 heterocycles. The van der Waals surface area contributed by atoms with Gasteiger partial charge in [-0.05, 0) is 49.6 Å². The normalized spacial score (nSPS) is 19.2. The third kappa shape index (κ3) is 5.04. The van der Waals surface area contributed by atoms with Crippen molar-refractivity contribution in [1.82, 2.24) is 14.8 Å². The summed E-state index contributed by atoms with van der Waals surface area (Å²) in [6.45, 7) is 1.95. The molecule has 0 saturated carbocycles. The monoisotopic (exact) mass is 615 g/mol. The number of hydrogen-bond donors (Lipinski definition) is 1. The van der Waals surface area contributed by atoms with Gasteiger partial charge in [0.1, 0.15) is 0 Å². The molecule has 1 fully saturated rings. The van der Waals surface area contributed by atoms with E-state index in [1.54, 1.807) is 30.0 Å². The Morgan fingerprint density at radius 1 is 1.09 bits per heavy atom. The second-order valence-corrected chi connectivity index (χ2v) is 13.0. The third-order valence-electron chi connectivity index (χ3n) is 5.58. The van der Waals surface area contributed by atoms with E-state index in [4.69, 9.17) is 4.52 Å². The highest BCUT2D eigenvalue weighted by Crippen LogP contribution is 2.28. The molecule has 2 unspecified atom stereocenters. The minimum absolute atomic E-state index is 0.0883. The molecule has 12 heteroatoms. The van der Waals surface area contributed by atoms with Crippen LogP contribution in [0.25, 0.3) is 0 Å². The van der Waals surface area contributed by atoms with Crippen molar-refractivity contribution in [3.05, 3.63) is 72.1 Å². The van der Waals surface area contributed by atoms with Gasteiger partial charge in [-0.25, -0.2) is 21.6 Å². The number of aryl methyl sites for hydroxylation is 1. The van der Waals surface area contributed by atoms with Gasteiger partial charge in [0.25, 0.3) is 5.91 Å². The number of halogens is 1. The van der Waals surface area contributed by atoms with E-state index in [0.717, 1.165) is 0 Å². The first-order chi connectivity index (χ1) is 16.1. The number of hydrogen-bond acceptors (Lipinski definition) is 7. The SMILES string of the molecule is Cc1ccc(S(=O)(=O)c2ccccc2)cc1S(=O)(=O)NC1CCN(C(=O)c2ccno2)C(I)C1. The van der Waals surface area contributed by atoms with Gasteiger partial charge in [-0.3, -0.25) is 4.79 Å². The largest absolute Gasteiger partial charge is 0.351 e. The fourth-order valence-electron chi connectivity index (χ4n) is 3.77. The van der Waals surface area contributed by atoms with E-state index < -0.39 is 25.9 Å². The summed E-state index contributed by atoms with van der Waals surface area (Å²) >= 11 is 2.10. The van der Waals surface area contributed by atoms with Crippen molar-refractivity contribution in [1.29, 1.82) is 0 Å². The Morgan fingerprint density at radius 2 is 1.82 bits per heavy atom. The molecule has 1 aromatic heterocycles. The van der Waals surface area contributed by atoms with Crippen LogP contribution in [-0.2, 0) is 19.9 Å². The van der Waals surface area contributed by atoms with Crippen molar-refractivity contribution in [2.45, 2.75) is 44.5 Å². The average molecular weight is 615 g/mol. The standard InChI is InChI=1S/C22H22IN3O6S2/c1-15-7-8-18(33(28,29)17-5-3-2-4-6-17)14-20(15)34(30,31)25-16-10-12-26(21(23)13-16)22(27)19-9-11-24-32-19/h2-9,11,14,16,21,25H,10,12-13H2,1H3. The van der Waals surface area contributed by atoms with Crippen molar-refractivity contribution < 1.29 is 26.2 Å². The highest BCUT2D eigenvalue weighted by molar-refractivity contribution is 14.1. The van der Waals surface area contributed by atoms with E-state index in [1.165, 1.54) is 42.6 Å². The zero-order chi connectivity index (χ0) is 24.5. The Balaban J connectivity index is 1.53. The lowest BCUT2D eigenvalue weighted by Gasteiger charge is -2.36. The number of nitrogens with one attached hydrogen (secondary N) is 1. The maximum Gasteiger partial charge on any atom is 0.293 e. The average Bonchev–Trinajstić information content (AvgIpc) is 3.34. The summed E-state index contributed by atoms with van der Waals surface area (Å²) < 4.78 is 59.8. The Labute approximate surface area is 211 Å². The Kier molecular flexibility index (Phi) is 7.12. The van der Waals surface area contributed by atoms with Gasteiger partial charge in [0.05, 0.1) is 24.9 Å². The maximum absolute atomic E-state index is 13.2. The second-order valence-electron chi connectivity index (χ2n) is 7.90. The minimum atomic E-state index is -4.01. The molecule has 9 nitrogen and oxygen atoms in total. The molecule has 1 saturated heterocycles. The molecule has 2 atom stereocenters. The molecule has 1 aliphatic rings. The maximum atomic E-state index is 13.2. The number of carbonyl (C=O) groups excluding carboxylic acids is 1. The summed E-state index contributed by atoms with van der Waals surface area (Å²) in [5.41, 5.74) is 0.434. The fraction of sp³-hybridized carbons (Fsp3) is 0.273. The summed E-state index contributed by atoms with van der Waals surface area (Å²) in [7, 11) is -7.88. The van der Waals surface area contributed by atoms with Crippen LogP contribution in [0.3, 0.4) is 0 Å². The first kappa shape index (κ1) is 24.8. The van der Waals surface area contributed by atoms with Crippen molar-refractivity contribution >= 4 is 48.4 Å². The van der Waals surface area contributed by atoms with Crippen molar-refractivity contribution in [2.75, 3.05) is 6.54 Å². The van der Waals surface area contributed by atoms with Crippen LogP contribution < -0.4 is 4.72 Å². The molecule has 0 spiro atoms. The predicted molar refractivity (Wildman–Crippen MR) is 132 cm³/mol. The van der Waals surface area contributed by atoms with Crippen LogP contribution in [0.1, 0.15) is 29.0 Å². The number of nitrogens with zero attached hydrogens (tertiary/aromatic N) is 2. The molecule has 1 N–H and O–H groups in total. The van der Waals surface area contributed by atoms with E-state index in [2.05, 4.69) is 32.5 Å². The van der Waals surface area contributed by atoms with Gasteiger partial charge in [-0.2, -0.15) is 0 Å². The number of aromatic nitrogens is 1. The molecular formula is C22H22IN3O6S2. The number of piperidine rings is 1. The van der Waals surface area contributed by atoms with Crippen LogP contribution in [0.4, 0.5) is 0 Å². The summed E-state index contributed by atoms with van der Waals surface area (Å²) in [5, 5.41) is 3.55. The van der Waals surface area contributed by atoms with Crippen LogP contribution in [-0.4, -0.2) is 49.4 Å². The molecule has 0 radical (unpaired) electrons. The second kappa shape index (κ2) is 9.76. The van der Waals surface area contributed by atoms with Gasteiger partial charge < -0.3 is 9.42 Å². The molecule has 4 rings (SSSR count). The molecule has 180 valence electrons. The smallest absolute Gasteiger partial charge is 0.293 e. The van der Waals surface area contributed by atoms with Crippen molar-refractivity contribution in [3.63, 3.8) is 0 Å². The van der Waals surface area contributed by atoms with E-state index in [0.29, 0.717) is 24.9 Å². The Morgan fingerprint density at radius 3 is 2.47 bits per heavy atom. The first-order valence-corrected chi connectivity index (χ1v) is 14.6. The molecule has 0 aliphatic carbocycles. The van der Waals surface area contributed by atoms with Crippen LogP contribution in [0, 0.1) is 6.92 Å². The number of rotatable bonds is 6. The van der Waals surface area contributed by atoms with E-state index in [9.17, 15) is 21.6 Å². The Bertz CT molecular complexity index is 1390. The number of benzene rings is 2. The zero-order valence-corrected chi connectivity index (χ0v) is 21.9. The molecular weight excluding hydrogens is 593 g/mol. The number of sulfone groups is 1. The number of alkyl halides is 1. The summed E-state index contributed by atoms with van der Waals surface area (Å²) in [6, 6.07) is 13.0. The van der Waals surface area contributed by atoms with Gasteiger partial charge in [0.2, 0.25) is 25.6 Å². The predicted octanol–water partition coefficient (Wildman–Crippen LogP) is 3.16. The van der Waals surface area contributed by atoms with Crippen molar-refractivity contribution in [3.8, 4) is 0 Å². The molecule has 0 bridgehead atoms. The van der Waals surface area contributed by atoms with E-state index in [-0.39, 0.29) is 30.4 Å². The summed E-state index contributed by atoms with van der Waals surface area (Å²) in [5.74, 6) is -0.166. The van der Waals surface area contributed by atoms with Gasteiger partial charge in [-0.15, -0.1) is 0 Å². The third-order valence-corrected chi connectivity index (χ3v) is 10.2. The van der Waals surface area contributed by atoms with Crippen LogP contribution in [0.15, 0.2) is 80.0 Å². The zero-order valence-electron chi connectivity index (χ0n) is 18.1. The van der Waals surface area contributed by atoms with Gasteiger partial charge in [-0.1, -0.05) is 52.0 Å².